The molecule has 0 unspecified atom stereocenters. The van der Waals surface area contributed by atoms with Crippen LogP contribution in [-0.2, 0) is 18.3 Å². The molecule has 0 aliphatic rings. The van der Waals surface area contributed by atoms with Crippen LogP contribution in [0.4, 0.5) is 5.69 Å². The second-order valence-corrected chi connectivity index (χ2v) is 30.5. The van der Waals surface area contributed by atoms with Gasteiger partial charge in [0.15, 0.2) is 0 Å². The van der Waals surface area contributed by atoms with Crippen LogP contribution >= 0.6 is 30.4 Å². The van der Waals surface area contributed by atoms with E-state index in [0.717, 1.165) is 22.9 Å². The fourth-order valence-corrected chi connectivity index (χ4v) is 15.0. The van der Waals surface area contributed by atoms with Crippen LogP contribution in [0, 0.1) is 53.0 Å². The first-order valence-corrected chi connectivity index (χ1v) is 26.8. The van der Waals surface area contributed by atoms with Crippen molar-refractivity contribution in [3.8, 4) is 0 Å². The maximum absolute atomic E-state index is 12.1. The maximum atomic E-state index is 12.1. The van der Waals surface area contributed by atoms with Gasteiger partial charge in [-0.3, -0.25) is 18.3 Å². The van der Waals surface area contributed by atoms with Crippen LogP contribution in [0.15, 0.2) is 91.0 Å². The van der Waals surface area contributed by atoms with Crippen molar-refractivity contribution in [1.82, 2.24) is 56.0 Å². The van der Waals surface area contributed by atoms with E-state index < -0.39 is 30.4 Å². The second kappa shape index (κ2) is 32.2. The third kappa shape index (κ3) is 20.7. The van der Waals surface area contributed by atoms with E-state index in [0.29, 0.717) is 0 Å². The molecule has 3 aromatic carbocycles. The standard InChI is InChI=1S/C19H15N.4C6H18N3OP.Yb/c1-4-10-16(11-5-1)19(17-12-6-2-7-13-17)20-18-14-8-3-9-15-18;4*1-7(2)11(10,8(3)4)9(5)6;/h1-15H;4*1-6H3;/q-2;;;;;+2. The molecule has 0 aromatic heterocycles. The predicted octanol–water partition coefficient (Wildman–Crippen LogP) is 8.44. The van der Waals surface area contributed by atoms with Crippen molar-refractivity contribution in [3.63, 3.8) is 0 Å². The first-order valence-electron chi connectivity index (χ1n) is 20.5. The van der Waals surface area contributed by atoms with E-state index in [-0.39, 0.29) is 46.9 Å². The van der Waals surface area contributed by atoms with Crippen LogP contribution in [-0.4, -0.2) is 225 Å². The van der Waals surface area contributed by atoms with Crippen LogP contribution in [0.5, 0.6) is 0 Å². The van der Waals surface area contributed by atoms with E-state index in [1.807, 2.05) is 236 Å². The molecule has 0 aliphatic carbocycles. The Labute approximate surface area is 436 Å². The molecule has 0 heterocycles. The molecule has 3 rings (SSSR count). The molecule has 0 bridgehead atoms. The monoisotopic (exact) mass is 1150 g/mol. The molecule has 3 aromatic rings. The molecule has 0 fully saturated rings. The number of para-hydroxylation sites is 1. The molecule has 0 saturated carbocycles. The van der Waals surface area contributed by atoms with Gasteiger partial charge >= 0.3 is 46.9 Å². The van der Waals surface area contributed by atoms with Gasteiger partial charge < -0.3 is 5.32 Å². The Morgan fingerprint density at radius 2 is 0.446 bits per heavy atom. The van der Waals surface area contributed by atoms with Gasteiger partial charge in [-0.1, -0.05) is 66.7 Å². The smallest absolute Gasteiger partial charge is 0.693 e. The number of benzene rings is 3. The fourth-order valence-electron chi connectivity index (χ4n) is 6.41. The molecular formula is C43H87N13O4P4Yb. The number of rotatable bonds is 16. The molecule has 65 heavy (non-hydrogen) atoms. The second-order valence-electron chi connectivity index (χ2n) is 16.7. The van der Waals surface area contributed by atoms with Crippen molar-refractivity contribution >= 4 is 36.1 Å². The zero-order valence-electron chi connectivity index (χ0n) is 44.2. The minimum atomic E-state index is -2.44. The predicted molar refractivity (Wildman–Crippen MR) is 278 cm³/mol. The summed E-state index contributed by atoms with van der Waals surface area (Å²) in [6.45, 7) is 0. The van der Waals surface area contributed by atoms with Gasteiger partial charge in [-0.15, -0.1) is 41.1 Å². The summed E-state index contributed by atoms with van der Waals surface area (Å²) in [5.41, 5.74) is 3.22. The molecule has 0 atom stereocenters. The Bertz CT molecular complexity index is 1590. The van der Waals surface area contributed by atoms with E-state index in [1.165, 1.54) is 0 Å². The number of hydrogen-bond acceptors (Lipinski definition) is 4. The summed E-state index contributed by atoms with van der Waals surface area (Å²) in [5.74, 6) is 0. The minimum absolute atomic E-state index is 0. The first-order chi connectivity index (χ1) is 29.3. The maximum Gasteiger partial charge on any atom is 2.00 e. The molecule has 0 radical (unpaired) electrons. The summed E-state index contributed by atoms with van der Waals surface area (Å²) in [6.07, 6.45) is 0. The fraction of sp³-hybridized carbons (Fsp3) is 0.558. The first kappa shape index (κ1) is 68.6. The molecule has 0 saturated heterocycles. The topological polar surface area (TPSA) is 121 Å². The van der Waals surface area contributed by atoms with Crippen LogP contribution < -0.4 is 0 Å². The Hall–Kier alpha value is -0.711. The van der Waals surface area contributed by atoms with Gasteiger partial charge in [0.25, 0.3) is 30.4 Å². The molecule has 0 spiro atoms. The van der Waals surface area contributed by atoms with Gasteiger partial charge in [-0.2, -0.15) is 0 Å². The van der Waals surface area contributed by atoms with E-state index in [2.05, 4.69) is 24.3 Å². The van der Waals surface area contributed by atoms with Crippen molar-refractivity contribution < 1.29 is 65.2 Å². The number of hydrogen-bond donors (Lipinski definition) is 0. The summed E-state index contributed by atoms with van der Waals surface area (Å²) >= 11 is 0. The Morgan fingerprint density at radius 1 is 0.292 bits per heavy atom. The summed E-state index contributed by atoms with van der Waals surface area (Å²) in [5, 5.41) is 4.82. The van der Waals surface area contributed by atoms with Crippen LogP contribution in [0.25, 0.3) is 5.32 Å². The zero-order chi connectivity index (χ0) is 50.6. The Kier molecular flexibility index (Phi) is 34.0. The van der Waals surface area contributed by atoms with Crippen LogP contribution in [0.1, 0.15) is 11.1 Å². The summed E-state index contributed by atoms with van der Waals surface area (Å²) in [4.78, 5) is 0. The quantitative estimate of drug-likeness (QED) is 0.101. The average Bonchev–Trinajstić information content (AvgIpc) is 3.22. The Morgan fingerprint density at radius 3 is 0.585 bits per heavy atom. The van der Waals surface area contributed by atoms with Gasteiger partial charge in [-0.25, -0.2) is 62.1 Å². The third-order valence-corrected chi connectivity index (χ3v) is 21.9. The molecule has 17 nitrogen and oxygen atoms in total. The van der Waals surface area contributed by atoms with E-state index >= 15 is 0 Å². The largest absolute Gasteiger partial charge is 2.00 e. The van der Waals surface area contributed by atoms with Crippen molar-refractivity contribution in [2.24, 2.45) is 0 Å². The van der Waals surface area contributed by atoms with Gasteiger partial charge in [0.2, 0.25) is 0 Å². The van der Waals surface area contributed by atoms with E-state index in [1.54, 1.807) is 56.0 Å². The molecule has 0 amide bonds. The summed E-state index contributed by atoms with van der Waals surface area (Å²) < 4.78 is 69.3. The minimum Gasteiger partial charge on any atom is -0.693 e. The van der Waals surface area contributed by atoms with Gasteiger partial charge in [-0.05, 0) is 169 Å². The van der Waals surface area contributed by atoms with Gasteiger partial charge in [0.1, 0.15) is 0 Å². The normalized spacial score (nSPS) is 12.2. The number of nitrogens with zero attached hydrogens (tertiary/aromatic N) is 13. The summed E-state index contributed by atoms with van der Waals surface area (Å²) in [7, 11) is 33.9. The van der Waals surface area contributed by atoms with Crippen molar-refractivity contribution in [2.45, 2.75) is 0 Å². The van der Waals surface area contributed by atoms with Crippen LogP contribution in [0.2, 0.25) is 0 Å². The molecule has 0 N–H and O–H groups in total. The molecule has 382 valence electrons. The van der Waals surface area contributed by atoms with Gasteiger partial charge in [0, 0.05) is 0 Å². The van der Waals surface area contributed by atoms with Crippen molar-refractivity contribution in [2.75, 3.05) is 169 Å². The van der Waals surface area contributed by atoms with Crippen molar-refractivity contribution in [3.05, 3.63) is 113 Å². The van der Waals surface area contributed by atoms with Crippen molar-refractivity contribution in [1.29, 1.82) is 0 Å². The molecule has 22 heteroatoms. The van der Waals surface area contributed by atoms with E-state index in [9.17, 15) is 18.3 Å². The SMILES string of the molecule is CN(C)P(=O)(N(C)C)N(C)C.CN(C)P(=O)(N(C)C)N(C)C.CN(C)P(=O)(N(C)C)N(C)C.CN(C)P(=O)(N(C)C)N(C)C.[Yb+2].c1ccc([N-][C-](c2ccccc2)c2ccccc2)cc1. The molecule has 0 aliphatic heterocycles. The van der Waals surface area contributed by atoms with Crippen LogP contribution in [0.3, 0.4) is 0 Å². The average molecular weight is 1150 g/mol. The van der Waals surface area contributed by atoms with Gasteiger partial charge in [0.05, 0.1) is 0 Å². The Balaban J connectivity index is -0.000000762. The third-order valence-electron chi connectivity index (χ3n) is 9.34. The molecular weight excluding hydrogens is 1060 g/mol. The summed E-state index contributed by atoms with van der Waals surface area (Å²) in [6, 6.07) is 31.6. The van der Waals surface area contributed by atoms with E-state index in [4.69, 9.17) is 5.32 Å². The zero-order valence-corrected chi connectivity index (χ0v) is 49.5.